The summed E-state index contributed by atoms with van der Waals surface area (Å²) in [6.07, 6.45) is 2.01. The summed E-state index contributed by atoms with van der Waals surface area (Å²) in [5, 5.41) is 8.78. The van der Waals surface area contributed by atoms with Crippen LogP contribution in [0.3, 0.4) is 0 Å². The molecule has 1 atom stereocenters. The number of hydrogen-bond acceptors (Lipinski definition) is 3. The van der Waals surface area contributed by atoms with E-state index >= 15 is 0 Å². The van der Waals surface area contributed by atoms with Crippen LogP contribution in [-0.2, 0) is 13.5 Å². The van der Waals surface area contributed by atoms with Crippen molar-refractivity contribution in [2.45, 2.75) is 39.7 Å². The summed E-state index contributed by atoms with van der Waals surface area (Å²) >= 11 is 8.21. The van der Waals surface area contributed by atoms with Crippen LogP contribution in [0.4, 0.5) is 0 Å². The van der Waals surface area contributed by atoms with Crippen molar-refractivity contribution in [3.8, 4) is 0 Å². The van der Waals surface area contributed by atoms with Gasteiger partial charge in [-0.15, -0.1) is 11.3 Å². The Morgan fingerprint density at radius 2 is 2.15 bits per heavy atom. The first kappa shape index (κ1) is 15.5. The molecule has 2 rings (SSSR count). The fraction of sp³-hybridized carbons (Fsp3) is 0.533. The minimum absolute atomic E-state index is 0.314. The summed E-state index contributed by atoms with van der Waals surface area (Å²) in [6.45, 7) is 7.37. The van der Waals surface area contributed by atoms with Gasteiger partial charge in [-0.2, -0.15) is 5.10 Å². The maximum absolute atomic E-state index is 6.36. The number of rotatable bonds is 6. The van der Waals surface area contributed by atoms with E-state index in [1.54, 1.807) is 4.68 Å². The third-order valence-electron chi connectivity index (χ3n) is 3.42. The largest absolute Gasteiger partial charge is 0.309 e. The van der Waals surface area contributed by atoms with Crippen LogP contribution in [0.25, 0.3) is 0 Å². The van der Waals surface area contributed by atoms with Gasteiger partial charge in [-0.3, -0.25) is 4.68 Å². The van der Waals surface area contributed by atoms with Crippen LogP contribution in [0.5, 0.6) is 0 Å². The van der Waals surface area contributed by atoms with Crippen LogP contribution in [0, 0.1) is 13.8 Å². The molecule has 0 fully saturated rings. The van der Waals surface area contributed by atoms with E-state index in [-0.39, 0.29) is 0 Å². The number of nitrogens with one attached hydrogen (secondary N) is 1. The lowest BCUT2D eigenvalue weighted by Crippen LogP contribution is -2.23. The molecule has 1 N–H and O–H groups in total. The SMILES string of the molecule is CCCNC(Cc1c(C)nn(C)c1Cl)c1ccc(C)s1. The molecule has 110 valence electrons. The standard InChI is InChI=1S/C15H22ClN3S/c1-5-8-17-13(14-7-6-10(2)20-14)9-12-11(3)18-19(4)15(12)16/h6-7,13,17H,5,8-9H2,1-4H3. The highest BCUT2D eigenvalue weighted by atomic mass is 35.5. The van der Waals surface area contributed by atoms with Crippen molar-refractivity contribution >= 4 is 22.9 Å². The van der Waals surface area contributed by atoms with E-state index in [4.69, 9.17) is 11.6 Å². The molecule has 0 aliphatic rings. The molecule has 2 heterocycles. The summed E-state index contributed by atoms with van der Waals surface area (Å²) in [6, 6.07) is 4.71. The van der Waals surface area contributed by atoms with Crippen LogP contribution in [0.1, 0.15) is 40.4 Å². The van der Waals surface area contributed by atoms with Crippen LogP contribution in [0.2, 0.25) is 5.15 Å². The number of thiophene rings is 1. The molecular weight excluding hydrogens is 290 g/mol. The molecule has 0 saturated carbocycles. The fourth-order valence-electron chi connectivity index (χ4n) is 2.34. The quantitative estimate of drug-likeness (QED) is 0.872. The molecule has 2 aromatic heterocycles. The Morgan fingerprint density at radius 3 is 2.65 bits per heavy atom. The molecule has 0 aliphatic heterocycles. The summed E-state index contributed by atoms with van der Waals surface area (Å²) in [5.74, 6) is 0. The van der Waals surface area contributed by atoms with Crippen LogP contribution >= 0.6 is 22.9 Å². The first-order valence-corrected chi connectivity index (χ1v) is 8.20. The molecule has 5 heteroatoms. The Hall–Kier alpha value is -0.840. The van der Waals surface area contributed by atoms with Gasteiger partial charge in [0.15, 0.2) is 0 Å². The van der Waals surface area contributed by atoms with Gasteiger partial charge in [0, 0.05) is 28.4 Å². The summed E-state index contributed by atoms with van der Waals surface area (Å²) in [5.41, 5.74) is 2.17. The second-order valence-corrected chi connectivity index (χ2v) is 6.82. The maximum Gasteiger partial charge on any atom is 0.130 e. The van der Waals surface area contributed by atoms with Crippen molar-refractivity contribution < 1.29 is 0 Å². The Labute approximate surface area is 130 Å². The van der Waals surface area contributed by atoms with Gasteiger partial charge in [0.05, 0.1) is 5.69 Å². The molecule has 20 heavy (non-hydrogen) atoms. The van der Waals surface area contributed by atoms with Gasteiger partial charge < -0.3 is 5.32 Å². The van der Waals surface area contributed by atoms with Crippen molar-refractivity contribution in [1.82, 2.24) is 15.1 Å². The number of hydrogen-bond donors (Lipinski definition) is 1. The average molecular weight is 312 g/mol. The number of aryl methyl sites for hydroxylation is 3. The van der Waals surface area contributed by atoms with E-state index in [9.17, 15) is 0 Å². The van der Waals surface area contributed by atoms with Gasteiger partial charge >= 0.3 is 0 Å². The highest BCUT2D eigenvalue weighted by Gasteiger charge is 2.19. The van der Waals surface area contributed by atoms with E-state index in [1.807, 2.05) is 25.3 Å². The van der Waals surface area contributed by atoms with Crippen LogP contribution < -0.4 is 5.32 Å². The third kappa shape index (κ3) is 3.43. The topological polar surface area (TPSA) is 29.9 Å². The monoisotopic (exact) mass is 311 g/mol. The summed E-state index contributed by atoms with van der Waals surface area (Å²) < 4.78 is 1.75. The van der Waals surface area contributed by atoms with Crippen molar-refractivity contribution in [2.24, 2.45) is 7.05 Å². The Balaban J connectivity index is 2.23. The maximum atomic E-state index is 6.36. The molecule has 0 spiro atoms. The molecule has 0 aliphatic carbocycles. The highest BCUT2D eigenvalue weighted by molar-refractivity contribution is 7.12. The van der Waals surface area contributed by atoms with Gasteiger partial charge in [-0.1, -0.05) is 18.5 Å². The van der Waals surface area contributed by atoms with Crippen molar-refractivity contribution in [1.29, 1.82) is 0 Å². The zero-order valence-corrected chi connectivity index (χ0v) is 14.1. The van der Waals surface area contributed by atoms with Gasteiger partial charge in [0.1, 0.15) is 5.15 Å². The van der Waals surface area contributed by atoms with Crippen molar-refractivity contribution in [3.05, 3.63) is 38.3 Å². The molecule has 0 radical (unpaired) electrons. The van der Waals surface area contributed by atoms with Crippen molar-refractivity contribution in [3.63, 3.8) is 0 Å². The molecule has 0 saturated heterocycles. The second kappa shape index (κ2) is 6.74. The number of aromatic nitrogens is 2. The molecule has 0 aromatic carbocycles. The average Bonchev–Trinajstić information content (AvgIpc) is 2.93. The van der Waals surface area contributed by atoms with Gasteiger partial charge in [0.2, 0.25) is 0 Å². The summed E-state index contributed by atoms with van der Waals surface area (Å²) in [4.78, 5) is 2.72. The van der Waals surface area contributed by atoms with E-state index in [0.29, 0.717) is 6.04 Å². The van der Waals surface area contributed by atoms with E-state index in [0.717, 1.165) is 35.8 Å². The van der Waals surface area contributed by atoms with E-state index < -0.39 is 0 Å². The highest BCUT2D eigenvalue weighted by Crippen LogP contribution is 2.29. The number of halogens is 1. The lowest BCUT2D eigenvalue weighted by Gasteiger charge is -2.17. The summed E-state index contributed by atoms with van der Waals surface area (Å²) in [7, 11) is 1.89. The first-order chi connectivity index (χ1) is 9.52. The zero-order valence-electron chi connectivity index (χ0n) is 12.5. The molecule has 2 aromatic rings. The van der Waals surface area contributed by atoms with E-state index in [1.165, 1.54) is 9.75 Å². The fourth-order valence-corrected chi connectivity index (χ4v) is 3.55. The predicted octanol–water partition coefficient (Wildman–Crippen LogP) is 4.04. The molecule has 0 bridgehead atoms. The molecule has 1 unspecified atom stereocenters. The van der Waals surface area contributed by atoms with Crippen LogP contribution in [0.15, 0.2) is 12.1 Å². The Kier molecular flexibility index (Phi) is 5.24. The van der Waals surface area contributed by atoms with Gasteiger partial charge in [-0.05, 0) is 45.4 Å². The minimum atomic E-state index is 0.314. The lowest BCUT2D eigenvalue weighted by molar-refractivity contribution is 0.535. The van der Waals surface area contributed by atoms with Crippen LogP contribution in [-0.4, -0.2) is 16.3 Å². The Bertz CT molecular complexity index is 574. The smallest absolute Gasteiger partial charge is 0.130 e. The van der Waals surface area contributed by atoms with Gasteiger partial charge in [0.25, 0.3) is 0 Å². The molecule has 0 amide bonds. The molecule has 3 nitrogen and oxygen atoms in total. The van der Waals surface area contributed by atoms with E-state index in [2.05, 4.69) is 36.4 Å². The third-order valence-corrected chi connectivity index (χ3v) is 5.01. The lowest BCUT2D eigenvalue weighted by atomic mass is 10.1. The Morgan fingerprint density at radius 1 is 1.40 bits per heavy atom. The normalized spacial score (nSPS) is 12.8. The molecular formula is C15H22ClN3S. The predicted molar refractivity (Wildman–Crippen MR) is 86.7 cm³/mol. The van der Waals surface area contributed by atoms with Crippen molar-refractivity contribution in [2.75, 3.05) is 6.54 Å². The zero-order chi connectivity index (χ0) is 14.7. The first-order valence-electron chi connectivity index (χ1n) is 7.00. The number of nitrogens with zero attached hydrogens (tertiary/aromatic N) is 2. The minimum Gasteiger partial charge on any atom is -0.309 e. The second-order valence-electron chi connectivity index (χ2n) is 5.14. The van der Waals surface area contributed by atoms with Gasteiger partial charge in [-0.25, -0.2) is 0 Å².